The number of carbonyl (C=O) groups excluding carboxylic acids is 3. The molecule has 0 unspecified atom stereocenters. The van der Waals surface area contributed by atoms with Crippen LogP contribution in [0.5, 0.6) is 0 Å². The third-order valence-corrected chi connectivity index (χ3v) is 9.13. The van der Waals surface area contributed by atoms with Crippen molar-refractivity contribution in [3.05, 3.63) is 24.3 Å². The van der Waals surface area contributed by atoms with Crippen molar-refractivity contribution in [2.75, 3.05) is 19.6 Å². The summed E-state index contributed by atoms with van der Waals surface area (Å²) in [7, 11) is -3.29. The number of fused-ring (bicyclic) bond motifs is 1. The molecule has 3 aliphatic rings. The molecule has 5 rings (SSSR count). The van der Waals surface area contributed by atoms with Crippen LogP contribution < -0.4 is 4.62 Å². The van der Waals surface area contributed by atoms with E-state index in [4.69, 9.17) is 4.62 Å². The van der Waals surface area contributed by atoms with E-state index in [2.05, 4.69) is 10.3 Å². The van der Waals surface area contributed by atoms with Gasteiger partial charge in [-0.2, -0.15) is 4.62 Å². The van der Waals surface area contributed by atoms with Crippen LogP contribution in [0.1, 0.15) is 38.5 Å². The predicted octanol–water partition coefficient (Wildman–Crippen LogP) is 1.40. The van der Waals surface area contributed by atoms with Crippen molar-refractivity contribution >= 4 is 36.7 Å². The largest absolute Gasteiger partial charge is 0.529 e. The van der Waals surface area contributed by atoms with Crippen LogP contribution in [0.25, 0.3) is 11.0 Å². The molecule has 0 spiro atoms. The summed E-state index contributed by atoms with van der Waals surface area (Å²) in [5, 5.41) is 8.26. The second-order valence-electron chi connectivity index (χ2n) is 7.41. The second-order valence-corrected chi connectivity index (χ2v) is 10.0. The predicted molar refractivity (Wildman–Crippen MR) is 104 cm³/mol. The van der Waals surface area contributed by atoms with Crippen LogP contribution in [-0.4, -0.2) is 66.5 Å². The van der Waals surface area contributed by atoms with Gasteiger partial charge in [-0.15, -0.1) is 19.1 Å². The normalized spacial score (nSPS) is 20.6. The van der Waals surface area contributed by atoms with Crippen molar-refractivity contribution in [3.8, 4) is 0 Å². The van der Waals surface area contributed by atoms with Crippen molar-refractivity contribution in [1.82, 2.24) is 29.2 Å². The maximum atomic E-state index is 12.9. The minimum Gasteiger partial charge on any atom is -0.271 e. The van der Waals surface area contributed by atoms with Crippen molar-refractivity contribution in [2.45, 2.75) is 38.5 Å². The molecular formula is C18H22N6O4P+. The highest BCUT2D eigenvalue weighted by Crippen LogP contribution is 2.69. The van der Waals surface area contributed by atoms with E-state index in [-0.39, 0.29) is 17.7 Å². The van der Waals surface area contributed by atoms with Crippen LogP contribution in [0.2, 0.25) is 0 Å². The Kier molecular flexibility index (Phi) is 4.38. The molecule has 1 aromatic carbocycles. The Morgan fingerprint density at radius 3 is 1.79 bits per heavy atom. The number of hydrogen-bond donors (Lipinski definition) is 0. The molecule has 11 heteroatoms. The first kappa shape index (κ1) is 18.3. The third-order valence-electron chi connectivity index (χ3n) is 5.60. The number of para-hydroxylation sites is 1. The lowest BCUT2D eigenvalue weighted by Crippen LogP contribution is -2.51. The van der Waals surface area contributed by atoms with E-state index >= 15 is 0 Å². The molecule has 3 fully saturated rings. The van der Waals surface area contributed by atoms with Crippen LogP contribution in [0.4, 0.5) is 0 Å². The summed E-state index contributed by atoms with van der Waals surface area (Å²) < 4.78 is 11.4. The number of amides is 3. The molecule has 0 N–H and O–H groups in total. The average molecular weight is 417 g/mol. The van der Waals surface area contributed by atoms with Crippen LogP contribution in [0.3, 0.4) is 0 Å². The number of rotatable bonds is 5. The Morgan fingerprint density at radius 1 is 0.793 bits per heavy atom. The Balaban J connectivity index is 1.69. The van der Waals surface area contributed by atoms with Gasteiger partial charge in [0.25, 0.3) is 17.7 Å². The van der Waals surface area contributed by atoms with Gasteiger partial charge in [-0.3, -0.25) is 14.4 Å². The first-order valence-electron chi connectivity index (χ1n) is 9.93. The summed E-state index contributed by atoms with van der Waals surface area (Å²) >= 11 is 0. The SMILES string of the molecule is O=C1CCCN1[P+](On1nnc2ccccc21)(N1CCCC1=O)N1CCCC1=O. The zero-order valence-electron chi connectivity index (χ0n) is 15.9. The minimum atomic E-state index is -3.29. The third kappa shape index (κ3) is 2.77. The topological polar surface area (TPSA) is 101 Å². The molecule has 152 valence electrons. The van der Waals surface area contributed by atoms with E-state index in [0.29, 0.717) is 69.2 Å². The number of hydrogen-bond acceptors (Lipinski definition) is 6. The van der Waals surface area contributed by atoms with Gasteiger partial charge in [0.1, 0.15) is 11.0 Å². The van der Waals surface area contributed by atoms with E-state index < -0.39 is 7.94 Å². The van der Waals surface area contributed by atoms with Crippen LogP contribution in [0.15, 0.2) is 24.3 Å². The Bertz CT molecular complexity index is 929. The molecule has 0 radical (unpaired) electrons. The summed E-state index contributed by atoms with van der Waals surface area (Å²) in [6.45, 7) is 1.35. The molecule has 0 atom stereocenters. The molecule has 1 aromatic heterocycles. The lowest BCUT2D eigenvalue weighted by Gasteiger charge is -2.38. The smallest absolute Gasteiger partial charge is 0.271 e. The molecule has 4 heterocycles. The fraction of sp³-hybridized carbons (Fsp3) is 0.500. The van der Waals surface area contributed by atoms with Crippen molar-refractivity contribution in [2.24, 2.45) is 0 Å². The monoisotopic (exact) mass is 417 g/mol. The van der Waals surface area contributed by atoms with Crippen molar-refractivity contribution < 1.29 is 19.0 Å². The van der Waals surface area contributed by atoms with Crippen LogP contribution in [0, 0.1) is 0 Å². The Hall–Kier alpha value is -2.74. The Labute approximate surface area is 167 Å². The van der Waals surface area contributed by atoms with Gasteiger partial charge in [0, 0.05) is 19.3 Å². The number of carbonyl (C=O) groups is 3. The van der Waals surface area contributed by atoms with Crippen molar-refractivity contribution in [3.63, 3.8) is 0 Å². The molecule has 0 saturated carbocycles. The van der Waals surface area contributed by atoms with Crippen molar-refractivity contribution in [1.29, 1.82) is 0 Å². The summed E-state index contributed by atoms with van der Waals surface area (Å²) in [5.41, 5.74) is 1.26. The van der Waals surface area contributed by atoms with Gasteiger partial charge >= 0.3 is 7.94 Å². The zero-order chi connectivity index (χ0) is 20.0. The lowest BCUT2D eigenvalue weighted by atomic mass is 10.3. The Morgan fingerprint density at radius 2 is 1.31 bits per heavy atom. The van der Waals surface area contributed by atoms with Gasteiger partial charge in [-0.05, 0) is 41.5 Å². The van der Waals surface area contributed by atoms with Gasteiger partial charge < -0.3 is 0 Å². The van der Waals surface area contributed by atoms with Gasteiger partial charge in [-0.1, -0.05) is 12.1 Å². The second kappa shape index (κ2) is 6.95. The lowest BCUT2D eigenvalue weighted by molar-refractivity contribution is -0.128. The van der Waals surface area contributed by atoms with E-state index in [1.807, 2.05) is 24.3 Å². The molecular weight excluding hydrogens is 395 g/mol. The summed E-state index contributed by atoms with van der Waals surface area (Å²) in [5.74, 6) is -0.286. The van der Waals surface area contributed by atoms with E-state index in [1.165, 1.54) is 4.85 Å². The van der Waals surface area contributed by atoms with Crippen LogP contribution in [-0.2, 0) is 14.4 Å². The molecule has 2 aromatic rings. The summed E-state index contributed by atoms with van der Waals surface area (Å²) in [4.78, 5) is 40.0. The maximum absolute atomic E-state index is 12.9. The van der Waals surface area contributed by atoms with Gasteiger partial charge in [0.2, 0.25) is 0 Å². The molecule has 3 aliphatic heterocycles. The minimum absolute atomic E-state index is 0.0952. The van der Waals surface area contributed by atoms with Crippen LogP contribution >= 0.6 is 7.94 Å². The maximum Gasteiger partial charge on any atom is 0.529 e. The first-order valence-corrected chi connectivity index (χ1v) is 11.5. The highest BCUT2D eigenvalue weighted by molar-refractivity contribution is 7.66. The van der Waals surface area contributed by atoms with E-state index in [1.54, 1.807) is 14.0 Å². The number of benzene rings is 1. The molecule has 0 bridgehead atoms. The van der Waals surface area contributed by atoms with Gasteiger partial charge in [-0.25, -0.2) is 0 Å². The quantitative estimate of drug-likeness (QED) is 0.682. The molecule has 3 amide bonds. The fourth-order valence-electron chi connectivity index (χ4n) is 4.26. The molecule has 3 saturated heterocycles. The average Bonchev–Trinajstić information content (AvgIpc) is 3.50. The van der Waals surface area contributed by atoms with E-state index in [9.17, 15) is 14.4 Å². The molecule has 29 heavy (non-hydrogen) atoms. The highest BCUT2D eigenvalue weighted by atomic mass is 31.2. The van der Waals surface area contributed by atoms with Gasteiger partial charge in [0.05, 0.1) is 19.6 Å². The summed E-state index contributed by atoms with van der Waals surface area (Å²) in [6, 6.07) is 7.31. The summed E-state index contributed by atoms with van der Waals surface area (Å²) in [6.07, 6.45) is 3.16. The molecule has 10 nitrogen and oxygen atoms in total. The highest BCUT2D eigenvalue weighted by Gasteiger charge is 2.70. The number of aromatic nitrogens is 3. The number of nitrogens with zero attached hydrogens (tertiary/aromatic N) is 6. The zero-order valence-corrected chi connectivity index (χ0v) is 16.8. The van der Waals surface area contributed by atoms with E-state index in [0.717, 1.165) is 0 Å². The standard InChI is InChI=1S/C18H22N6O4P/c25-16-8-3-11-21(16)29(22-12-4-9-17(22)26,23-13-5-10-18(23)27)28-24-15-7-2-1-6-14(15)19-20-24/h1-2,6-7H,3-5,8-13H2/q+1. The molecule has 0 aliphatic carbocycles. The van der Waals surface area contributed by atoms with Gasteiger partial charge in [0.15, 0.2) is 0 Å². The first-order chi connectivity index (χ1) is 14.1. The fourth-order valence-corrected chi connectivity index (χ4v) is 8.02.